The number of aromatic nitrogens is 4. The highest BCUT2D eigenvalue weighted by molar-refractivity contribution is 9.10. The van der Waals surface area contributed by atoms with Crippen LogP contribution in [0.15, 0.2) is 95.9 Å². The minimum absolute atomic E-state index is 0.164. The number of anilines is 1. The van der Waals surface area contributed by atoms with Gasteiger partial charge in [0.1, 0.15) is 53.5 Å². The predicted molar refractivity (Wildman–Crippen MR) is 194 cm³/mol. The number of rotatable bonds is 15. The number of para-hydroxylation sites is 2. The first kappa shape index (κ1) is 34.9. The monoisotopic (exact) mass is 757 g/mol. The van der Waals surface area contributed by atoms with Gasteiger partial charge in [0.2, 0.25) is 0 Å². The number of nitrogens with zero attached hydrogens (tertiary/aromatic N) is 4. The van der Waals surface area contributed by atoms with Crippen molar-refractivity contribution in [2.45, 2.75) is 26.0 Å². The number of halogens is 2. The smallest absolute Gasteiger partial charge is 0.328 e. The summed E-state index contributed by atoms with van der Waals surface area (Å²) in [7, 11) is 1.63. The summed E-state index contributed by atoms with van der Waals surface area (Å²) in [4.78, 5) is 33.1. The number of carbonyl (C=O) groups is 1. The highest BCUT2D eigenvalue weighted by Crippen LogP contribution is 2.44. The van der Waals surface area contributed by atoms with Gasteiger partial charge in [-0.05, 0) is 70.4 Å². The van der Waals surface area contributed by atoms with Crippen LogP contribution < -0.4 is 14.8 Å². The van der Waals surface area contributed by atoms with E-state index in [0.29, 0.717) is 52.3 Å². The minimum Gasteiger partial charge on any atom is -0.490 e. The molecule has 0 bridgehead atoms. The van der Waals surface area contributed by atoms with Crippen LogP contribution >= 0.6 is 27.3 Å². The number of carbonyl (C=O) groups excluding carboxylic acids is 1. The van der Waals surface area contributed by atoms with Crippen molar-refractivity contribution in [1.82, 2.24) is 19.9 Å². The second-order valence-electron chi connectivity index (χ2n) is 10.9. The molecule has 0 aliphatic carbocycles. The van der Waals surface area contributed by atoms with Gasteiger partial charge in [-0.25, -0.2) is 29.1 Å². The summed E-state index contributed by atoms with van der Waals surface area (Å²) in [5, 5.41) is 4.02. The van der Waals surface area contributed by atoms with Gasteiger partial charge < -0.3 is 24.3 Å². The normalized spacial score (nSPS) is 11.7. The predicted octanol–water partition coefficient (Wildman–Crippen LogP) is 7.91. The fourth-order valence-electron chi connectivity index (χ4n) is 5.20. The van der Waals surface area contributed by atoms with Crippen molar-refractivity contribution >= 4 is 49.3 Å². The van der Waals surface area contributed by atoms with Crippen molar-refractivity contribution in [3.8, 4) is 33.3 Å². The zero-order valence-corrected chi connectivity index (χ0v) is 29.7. The van der Waals surface area contributed by atoms with Crippen LogP contribution in [0.4, 0.5) is 10.2 Å². The average Bonchev–Trinajstić information content (AvgIpc) is 3.48. The van der Waals surface area contributed by atoms with Crippen LogP contribution in [-0.4, -0.2) is 58.9 Å². The Morgan fingerprint density at radius 2 is 1.72 bits per heavy atom. The Morgan fingerprint density at radius 1 is 0.940 bits per heavy atom. The number of methoxy groups -OCH3 is 1. The third-order valence-corrected chi connectivity index (χ3v) is 9.78. The molecular weight excluding hydrogens is 725 g/mol. The third-order valence-electron chi connectivity index (χ3n) is 7.58. The number of hydrogen-bond donors (Lipinski definition) is 1. The molecule has 6 rings (SSSR count). The lowest BCUT2D eigenvalue weighted by atomic mass is 10.0. The maximum atomic E-state index is 13.6. The molecule has 6 aromatic rings. The van der Waals surface area contributed by atoms with E-state index in [1.54, 1.807) is 38.4 Å². The summed E-state index contributed by atoms with van der Waals surface area (Å²) in [5.41, 5.74) is 3.04. The van der Waals surface area contributed by atoms with E-state index >= 15 is 0 Å². The van der Waals surface area contributed by atoms with Gasteiger partial charge >= 0.3 is 5.97 Å². The van der Waals surface area contributed by atoms with Gasteiger partial charge in [0.15, 0.2) is 5.82 Å². The fourth-order valence-corrected chi connectivity index (χ4v) is 7.22. The molecule has 0 spiro atoms. The van der Waals surface area contributed by atoms with E-state index < -0.39 is 12.0 Å². The zero-order valence-electron chi connectivity index (χ0n) is 27.3. The standard InChI is InChI=1S/C37H33BrFN5O5S/c1-3-47-37(45)28(44-35-31-32(38)33(50-36(31)42-22-41-35)23-12-14-25(39)15-13-23)20-24-8-4-6-10-29(24)49-21-26-16-17-40-34(43-26)27-9-5-7-11-30(27)48-19-18-46-2/h4-17,22,28H,3,18-21H2,1-2H3,(H,41,42,44)/t28-/m1/s1. The molecule has 1 N–H and O–H groups in total. The number of ether oxygens (including phenoxy) is 4. The first-order valence-electron chi connectivity index (χ1n) is 15.8. The number of esters is 1. The van der Waals surface area contributed by atoms with Crippen molar-refractivity contribution in [3.05, 3.63) is 113 Å². The molecule has 0 saturated heterocycles. The highest BCUT2D eigenvalue weighted by Gasteiger charge is 2.25. The summed E-state index contributed by atoms with van der Waals surface area (Å²) in [6.45, 7) is 3.00. The first-order chi connectivity index (χ1) is 24.4. The number of nitrogens with one attached hydrogen (secondary N) is 1. The average molecular weight is 759 g/mol. The molecule has 256 valence electrons. The number of hydrogen-bond acceptors (Lipinski definition) is 11. The Bertz CT molecular complexity index is 2080. The van der Waals surface area contributed by atoms with Gasteiger partial charge in [0.25, 0.3) is 0 Å². The van der Waals surface area contributed by atoms with Crippen molar-refractivity contribution in [1.29, 1.82) is 0 Å². The fraction of sp³-hybridized carbons (Fsp3) is 0.216. The lowest BCUT2D eigenvalue weighted by Crippen LogP contribution is -2.34. The zero-order chi connectivity index (χ0) is 34.9. The summed E-state index contributed by atoms with van der Waals surface area (Å²) in [6.07, 6.45) is 3.38. The van der Waals surface area contributed by atoms with Crippen LogP contribution in [0.5, 0.6) is 11.5 Å². The molecular formula is C37H33BrFN5O5S. The topological polar surface area (TPSA) is 118 Å². The number of benzene rings is 3. The van der Waals surface area contributed by atoms with Crippen molar-refractivity contribution in [3.63, 3.8) is 0 Å². The molecule has 0 aliphatic rings. The molecule has 0 aliphatic heterocycles. The molecule has 3 heterocycles. The van der Waals surface area contributed by atoms with Crippen LogP contribution in [0, 0.1) is 5.82 Å². The van der Waals surface area contributed by atoms with E-state index in [2.05, 4.69) is 36.2 Å². The van der Waals surface area contributed by atoms with Crippen LogP contribution in [-0.2, 0) is 27.3 Å². The van der Waals surface area contributed by atoms with E-state index in [9.17, 15) is 9.18 Å². The van der Waals surface area contributed by atoms with E-state index in [4.69, 9.17) is 23.9 Å². The van der Waals surface area contributed by atoms with Crippen molar-refractivity contribution in [2.75, 3.05) is 32.2 Å². The maximum Gasteiger partial charge on any atom is 0.328 e. The molecule has 0 radical (unpaired) electrons. The molecule has 0 unspecified atom stereocenters. The minimum atomic E-state index is -0.806. The molecule has 13 heteroatoms. The number of fused-ring (bicyclic) bond motifs is 1. The summed E-state index contributed by atoms with van der Waals surface area (Å²) >= 11 is 5.15. The molecule has 10 nitrogen and oxygen atoms in total. The van der Waals surface area contributed by atoms with E-state index in [1.165, 1.54) is 29.8 Å². The Balaban J connectivity index is 1.23. The lowest BCUT2D eigenvalue weighted by Gasteiger charge is -2.20. The Kier molecular flexibility index (Phi) is 11.6. The van der Waals surface area contributed by atoms with E-state index in [0.717, 1.165) is 26.0 Å². The first-order valence-corrected chi connectivity index (χ1v) is 17.4. The quantitative estimate of drug-likeness (QED) is 0.0818. The highest BCUT2D eigenvalue weighted by atomic mass is 79.9. The van der Waals surface area contributed by atoms with E-state index in [-0.39, 0.29) is 25.5 Å². The van der Waals surface area contributed by atoms with Gasteiger partial charge in [-0.15, -0.1) is 11.3 Å². The van der Waals surface area contributed by atoms with Gasteiger partial charge in [-0.2, -0.15) is 0 Å². The maximum absolute atomic E-state index is 13.6. The molecule has 0 saturated carbocycles. The summed E-state index contributed by atoms with van der Waals surface area (Å²) in [5.74, 6) is 1.47. The molecule has 3 aromatic heterocycles. The Labute approximate surface area is 300 Å². The van der Waals surface area contributed by atoms with Gasteiger partial charge in [0.05, 0.1) is 34.7 Å². The van der Waals surface area contributed by atoms with Crippen LogP contribution in [0.3, 0.4) is 0 Å². The lowest BCUT2D eigenvalue weighted by molar-refractivity contribution is -0.144. The van der Waals surface area contributed by atoms with Crippen LogP contribution in [0.25, 0.3) is 32.0 Å². The van der Waals surface area contributed by atoms with Gasteiger partial charge in [-0.1, -0.05) is 42.5 Å². The summed E-state index contributed by atoms with van der Waals surface area (Å²) < 4.78 is 37.1. The number of thiophene rings is 1. The molecule has 0 fully saturated rings. The Hall–Kier alpha value is -4.98. The van der Waals surface area contributed by atoms with Gasteiger partial charge in [-0.3, -0.25) is 0 Å². The second kappa shape index (κ2) is 16.6. The second-order valence-corrected chi connectivity index (χ2v) is 12.7. The molecule has 50 heavy (non-hydrogen) atoms. The van der Waals surface area contributed by atoms with Crippen molar-refractivity contribution in [2.24, 2.45) is 0 Å². The van der Waals surface area contributed by atoms with Crippen LogP contribution in [0.2, 0.25) is 0 Å². The van der Waals surface area contributed by atoms with Gasteiger partial charge in [0, 0.05) is 24.2 Å². The summed E-state index contributed by atoms with van der Waals surface area (Å²) in [6, 6.07) is 22.3. The van der Waals surface area contributed by atoms with Crippen molar-refractivity contribution < 1.29 is 28.1 Å². The molecule has 1 atom stereocenters. The largest absolute Gasteiger partial charge is 0.490 e. The molecule has 0 amide bonds. The van der Waals surface area contributed by atoms with E-state index in [1.807, 2.05) is 48.5 Å². The Morgan fingerprint density at radius 3 is 2.52 bits per heavy atom. The van der Waals surface area contributed by atoms with Crippen LogP contribution in [0.1, 0.15) is 18.2 Å². The third kappa shape index (κ3) is 8.24. The SMILES string of the molecule is CCOC(=O)[C@@H](Cc1ccccc1OCc1ccnc(-c2ccccc2OCCOC)n1)Nc1ncnc2sc(-c3ccc(F)cc3)c(Br)c12. The molecule has 3 aromatic carbocycles.